The second-order valence-electron chi connectivity index (χ2n) is 11.7. The number of fused-ring (bicyclic) bond motifs is 5. The van der Waals surface area contributed by atoms with Gasteiger partial charge in [0.05, 0.1) is 16.9 Å². The number of para-hydroxylation sites is 2. The summed E-state index contributed by atoms with van der Waals surface area (Å²) in [6.07, 6.45) is 3.74. The van der Waals surface area contributed by atoms with E-state index in [2.05, 4.69) is 87.4 Å². The number of nitrogens with zero attached hydrogens (tertiary/aromatic N) is 7. The molecule has 0 aliphatic rings. The summed E-state index contributed by atoms with van der Waals surface area (Å²) in [7, 11) is 0. The highest BCUT2D eigenvalue weighted by Crippen LogP contribution is 2.37. The number of aromatic nitrogens is 7. The van der Waals surface area contributed by atoms with E-state index < -0.39 is 0 Å². The number of hydrogen-bond donors (Lipinski definition) is 0. The average molecular weight is 632 g/mol. The summed E-state index contributed by atoms with van der Waals surface area (Å²) in [5, 5.41) is 1.10. The lowest BCUT2D eigenvalue weighted by atomic mass is 10.1. The molecule has 0 atom stereocenters. The molecule has 0 saturated carbocycles. The first-order valence-electron chi connectivity index (χ1n) is 16.1. The molecule has 7 heteroatoms. The SMILES string of the molecule is C=Cc1c(C=C)n2c3c4ccccc4n(-c4ccccc4)c3nc2n1-c1cccc(-c2nc(-c3ccccc3)nc(-c3ccccc3)n2)c1. The van der Waals surface area contributed by atoms with Crippen molar-refractivity contribution in [3.8, 4) is 45.5 Å². The number of hydrogen-bond acceptors (Lipinski definition) is 4. The van der Waals surface area contributed by atoms with Crippen LogP contribution in [0.15, 0.2) is 153 Å². The molecule has 0 amide bonds. The van der Waals surface area contributed by atoms with Crippen LogP contribution in [-0.2, 0) is 0 Å². The third-order valence-corrected chi connectivity index (χ3v) is 8.86. The summed E-state index contributed by atoms with van der Waals surface area (Å²) in [6.45, 7) is 8.45. The molecular weight excluding hydrogens is 603 g/mol. The van der Waals surface area contributed by atoms with Crippen LogP contribution in [0.1, 0.15) is 11.4 Å². The Morgan fingerprint density at radius 1 is 0.469 bits per heavy atom. The molecule has 49 heavy (non-hydrogen) atoms. The highest BCUT2D eigenvalue weighted by atomic mass is 15.3. The first kappa shape index (κ1) is 28.4. The first-order valence-corrected chi connectivity index (χ1v) is 16.1. The van der Waals surface area contributed by atoms with Gasteiger partial charge in [-0.25, -0.2) is 15.0 Å². The molecule has 232 valence electrons. The molecular formula is C42H29N7. The Hall–Kier alpha value is -6.86. The molecule has 0 fully saturated rings. The van der Waals surface area contributed by atoms with Gasteiger partial charge < -0.3 is 0 Å². The van der Waals surface area contributed by atoms with Crippen LogP contribution < -0.4 is 0 Å². The van der Waals surface area contributed by atoms with Crippen molar-refractivity contribution in [2.24, 2.45) is 0 Å². The molecule has 5 aromatic carbocycles. The topological polar surface area (TPSA) is 65.8 Å². The van der Waals surface area contributed by atoms with Crippen molar-refractivity contribution in [3.05, 3.63) is 164 Å². The Kier molecular flexibility index (Phi) is 6.62. The van der Waals surface area contributed by atoms with Crippen LogP contribution in [0.4, 0.5) is 0 Å². The molecule has 0 N–H and O–H groups in total. The van der Waals surface area contributed by atoms with Crippen LogP contribution in [-0.4, -0.2) is 33.5 Å². The fourth-order valence-corrected chi connectivity index (χ4v) is 6.70. The van der Waals surface area contributed by atoms with Gasteiger partial charge >= 0.3 is 0 Å². The van der Waals surface area contributed by atoms with E-state index in [4.69, 9.17) is 19.9 Å². The van der Waals surface area contributed by atoms with E-state index in [1.807, 2.05) is 91.0 Å². The average Bonchev–Trinajstić information content (AvgIpc) is 3.80. The van der Waals surface area contributed by atoms with Gasteiger partial charge in [-0.3, -0.25) is 13.5 Å². The third-order valence-electron chi connectivity index (χ3n) is 8.86. The molecule has 0 spiro atoms. The standard InChI is InChI=1S/C42H29N7/c1-3-34-35(4-2)49-37-33-25-14-15-26-36(33)47(31-22-12-7-13-23-31)41(37)46-42(49)48(34)32-24-16-21-30(27-32)40-44-38(28-17-8-5-9-18-28)43-39(45-40)29-19-10-6-11-20-29/h3-27H,1-2H2. The lowest BCUT2D eigenvalue weighted by Crippen LogP contribution is -2.02. The minimum atomic E-state index is 0.580. The molecule has 0 unspecified atom stereocenters. The van der Waals surface area contributed by atoms with Gasteiger partial charge in [0.25, 0.3) is 0 Å². The maximum absolute atomic E-state index is 5.34. The molecule has 9 rings (SSSR count). The van der Waals surface area contributed by atoms with Crippen molar-refractivity contribution in [1.29, 1.82) is 0 Å². The molecule has 9 aromatic rings. The van der Waals surface area contributed by atoms with Gasteiger partial charge in [0.1, 0.15) is 5.52 Å². The maximum atomic E-state index is 5.34. The van der Waals surface area contributed by atoms with E-state index in [0.29, 0.717) is 17.5 Å². The lowest BCUT2D eigenvalue weighted by molar-refractivity contribution is 1.05. The molecule has 0 saturated heterocycles. The Morgan fingerprint density at radius 3 is 1.63 bits per heavy atom. The highest BCUT2D eigenvalue weighted by molar-refractivity contribution is 6.08. The van der Waals surface area contributed by atoms with E-state index in [1.165, 1.54) is 0 Å². The van der Waals surface area contributed by atoms with Crippen LogP contribution >= 0.6 is 0 Å². The van der Waals surface area contributed by atoms with Crippen molar-refractivity contribution < 1.29 is 0 Å². The van der Waals surface area contributed by atoms with Gasteiger partial charge in [-0.15, -0.1) is 0 Å². The van der Waals surface area contributed by atoms with Crippen molar-refractivity contribution in [3.63, 3.8) is 0 Å². The summed E-state index contributed by atoms with van der Waals surface area (Å²) < 4.78 is 6.55. The van der Waals surface area contributed by atoms with Crippen LogP contribution in [0, 0.1) is 0 Å². The monoisotopic (exact) mass is 631 g/mol. The predicted octanol–water partition coefficient (Wildman–Crippen LogP) is 9.69. The van der Waals surface area contributed by atoms with E-state index in [9.17, 15) is 0 Å². The highest BCUT2D eigenvalue weighted by Gasteiger charge is 2.25. The quantitative estimate of drug-likeness (QED) is 0.176. The molecule has 0 aliphatic carbocycles. The van der Waals surface area contributed by atoms with E-state index in [1.54, 1.807) is 0 Å². The Labute approximate surface area is 282 Å². The van der Waals surface area contributed by atoms with Crippen molar-refractivity contribution >= 4 is 40.0 Å². The zero-order chi connectivity index (χ0) is 32.9. The van der Waals surface area contributed by atoms with Crippen LogP contribution in [0.5, 0.6) is 0 Å². The minimum Gasteiger partial charge on any atom is -0.292 e. The normalized spacial score (nSPS) is 11.4. The fraction of sp³-hybridized carbons (Fsp3) is 0. The summed E-state index contributed by atoms with van der Waals surface area (Å²) in [4.78, 5) is 20.2. The van der Waals surface area contributed by atoms with Crippen LogP contribution in [0.3, 0.4) is 0 Å². The molecule has 0 aliphatic heterocycles. The fourth-order valence-electron chi connectivity index (χ4n) is 6.70. The van der Waals surface area contributed by atoms with E-state index in [0.717, 1.165) is 67.3 Å². The summed E-state index contributed by atoms with van der Waals surface area (Å²) >= 11 is 0. The van der Waals surface area contributed by atoms with Gasteiger partial charge in [-0.1, -0.05) is 122 Å². The first-order chi connectivity index (χ1) is 24.2. The number of imidazole rings is 2. The number of rotatable bonds is 7. The Morgan fingerprint density at radius 2 is 1.00 bits per heavy atom. The molecule has 0 radical (unpaired) electrons. The summed E-state index contributed by atoms with van der Waals surface area (Å²) in [6, 6.07) is 47.0. The van der Waals surface area contributed by atoms with Crippen molar-refractivity contribution in [1.82, 2.24) is 33.5 Å². The summed E-state index contributed by atoms with van der Waals surface area (Å²) in [5.74, 6) is 2.57. The second-order valence-corrected chi connectivity index (χ2v) is 11.7. The lowest BCUT2D eigenvalue weighted by Gasteiger charge is -2.11. The van der Waals surface area contributed by atoms with Crippen LogP contribution in [0.25, 0.3) is 85.5 Å². The van der Waals surface area contributed by atoms with Crippen molar-refractivity contribution in [2.75, 3.05) is 0 Å². The maximum Gasteiger partial charge on any atom is 0.222 e. The minimum absolute atomic E-state index is 0.580. The zero-order valence-corrected chi connectivity index (χ0v) is 26.5. The van der Waals surface area contributed by atoms with E-state index >= 15 is 0 Å². The molecule has 4 aromatic heterocycles. The zero-order valence-electron chi connectivity index (χ0n) is 26.5. The molecule has 0 bridgehead atoms. The Bertz CT molecular complexity index is 2620. The van der Waals surface area contributed by atoms with Crippen molar-refractivity contribution in [2.45, 2.75) is 0 Å². The smallest absolute Gasteiger partial charge is 0.222 e. The summed E-state index contributed by atoms with van der Waals surface area (Å²) in [5.41, 5.74) is 9.41. The Balaban J connectivity index is 1.29. The van der Waals surface area contributed by atoms with Crippen LogP contribution in [0.2, 0.25) is 0 Å². The van der Waals surface area contributed by atoms with Gasteiger partial charge in [0.2, 0.25) is 5.78 Å². The van der Waals surface area contributed by atoms with E-state index in [-0.39, 0.29) is 0 Å². The van der Waals surface area contributed by atoms with Gasteiger partial charge in [0.15, 0.2) is 23.1 Å². The van der Waals surface area contributed by atoms with Gasteiger partial charge in [-0.05, 0) is 42.5 Å². The van der Waals surface area contributed by atoms with Gasteiger partial charge in [-0.2, -0.15) is 4.98 Å². The van der Waals surface area contributed by atoms with Gasteiger partial charge in [0, 0.05) is 33.5 Å². The third kappa shape index (κ3) is 4.52. The second kappa shape index (κ2) is 11.4. The largest absolute Gasteiger partial charge is 0.292 e. The predicted molar refractivity (Wildman–Crippen MR) is 199 cm³/mol. The molecule has 7 nitrogen and oxygen atoms in total. The number of benzene rings is 5. The molecule has 4 heterocycles.